The molecule has 2 N–H and O–H groups in total. The Bertz CT molecular complexity index is 647. The van der Waals surface area contributed by atoms with E-state index < -0.39 is 0 Å². The molecular formula is C17H20N2O2. The monoisotopic (exact) mass is 284 g/mol. The second kappa shape index (κ2) is 7.43. The number of amides is 1. The van der Waals surface area contributed by atoms with Crippen molar-refractivity contribution in [3.8, 4) is 11.3 Å². The second-order valence-electron chi connectivity index (χ2n) is 4.94. The molecule has 0 bridgehead atoms. The number of H-pyrrole nitrogens is 1. The average Bonchev–Trinajstić information content (AvgIpc) is 2.52. The van der Waals surface area contributed by atoms with Gasteiger partial charge in [-0.2, -0.15) is 0 Å². The molecular weight excluding hydrogens is 264 g/mol. The van der Waals surface area contributed by atoms with E-state index in [0.717, 1.165) is 24.8 Å². The molecule has 1 aromatic heterocycles. The molecule has 21 heavy (non-hydrogen) atoms. The summed E-state index contributed by atoms with van der Waals surface area (Å²) in [5.74, 6) is -0.313. The number of nitrogens with one attached hydrogen (secondary N) is 2. The highest BCUT2D eigenvalue weighted by atomic mass is 16.2. The lowest BCUT2D eigenvalue weighted by Gasteiger charge is -2.06. The molecule has 1 heterocycles. The number of carbonyl (C=O) groups excluding carboxylic acids is 1. The molecule has 2 rings (SSSR count). The zero-order chi connectivity index (χ0) is 15.1. The van der Waals surface area contributed by atoms with E-state index in [4.69, 9.17) is 0 Å². The van der Waals surface area contributed by atoms with Gasteiger partial charge in [0.15, 0.2) is 0 Å². The quantitative estimate of drug-likeness (QED) is 0.801. The third-order valence-corrected chi connectivity index (χ3v) is 3.30. The molecule has 0 unspecified atom stereocenters. The number of hydrogen-bond acceptors (Lipinski definition) is 2. The average molecular weight is 284 g/mol. The normalized spacial score (nSPS) is 10.3. The van der Waals surface area contributed by atoms with Gasteiger partial charge < -0.3 is 10.3 Å². The van der Waals surface area contributed by atoms with E-state index in [1.54, 1.807) is 12.1 Å². The predicted molar refractivity (Wildman–Crippen MR) is 84.4 cm³/mol. The summed E-state index contributed by atoms with van der Waals surface area (Å²) in [4.78, 5) is 26.7. The first-order valence-electron chi connectivity index (χ1n) is 7.29. The Morgan fingerprint density at radius 3 is 2.52 bits per heavy atom. The highest BCUT2D eigenvalue weighted by molar-refractivity contribution is 5.94. The Hall–Kier alpha value is -2.36. The fourth-order valence-corrected chi connectivity index (χ4v) is 2.11. The number of aromatic nitrogens is 1. The van der Waals surface area contributed by atoms with Crippen LogP contribution in [0.15, 0.2) is 47.3 Å². The van der Waals surface area contributed by atoms with E-state index in [2.05, 4.69) is 17.2 Å². The molecule has 0 fully saturated rings. The Morgan fingerprint density at radius 2 is 1.86 bits per heavy atom. The molecule has 0 saturated carbocycles. The number of pyridine rings is 1. The first-order valence-corrected chi connectivity index (χ1v) is 7.29. The van der Waals surface area contributed by atoms with Crippen LogP contribution in [0.25, 0.3) is 11.3 Å². The molecule has 110 valence electrons. The maximum absolute atomic E-state index is 12.0. The first kappa shape index (κ1) is 15.0. The first-order chi connectivity index (χ1) is 10.2. The summed E-state index contributed by atoms with van der Waals surface area (Å²) in [5, 5.41) is 2.77. The van der Waals surface area contributed by atoms with Crippen LogP contribution in [0.4, 0.5) is 0 Å². The molecule has 0 aliphatic rings. The van der Waals surface area contributed by atoms with E-state index >= 15 is 0 Å². The SMILES string of the molecule is CCCCCNC(=O)c1ccc(-c2ccccc2)[nH]c1=O. The molecule has 4 heteroatoms. The standard InChI is InChI=1S/C17H20N2O2/c1-2-3-7-12-18-16(20)14-10-11-15(19-17(14)21)13-8-5-4-6-9-13/h4-6,8-11H,2-3,7,12H2,1H3,(H,18,20)(H,19,21). The fourth-order valence-electron chi connectivity index (χ4n) is 2.11. The lowest BCUT2D eigenvalue weighted by atomic mass is 10.1. The van der Waals surface area contributed by atoms with Crippen LogP contribution in [-0.2, 0) is 0 Å². The van der Waals surface area contributed by atoms with Gasteiger partial charge in [0.1, 0.15) is 5.56 Å². The summed E-state index contributed by atoms with van der Waals surface area (Å²) >= 11 is 0. The highest BCUT2D eigenvalue weighted by Gasteiger charge is 2.10. The van der Waals surface area contributed by atoms with Crippen LogP contribution in [0, 0.1) is 0 Å². The van der Waals surface area contributed by atoms with Crippen molar-refractivity contribution >= 4 is 5.91 Å². The van der Waals surface area contributed by atoms with E-state index in [9.17, 15) is 9.59 Å². The Morgan fingerprint density at radius 1 is 1.10 bits per heavy atom. The Balaban J connectivity index is 2.09. The van der Waals surface area contributed by atoms with E-state index in [1.807, 2.05) is 30.3 Å². The third kappa shape index (κ3) is 4.05. The zero-order valence-corrected chi connectivity index (χ0v) is 12.2. The topological polar surface area (TPSA) is 62.0 Å². The van der Waals surface area contributed by atoms with Gasteiger partial charge in [0, 0.05) is 12.2 Å². The second-order valence-corrected chi connectivity index (χ2v) is 4.94. The maximum atomic E-state index is 12.0. The van der Waals surface area contributed by atoms with Crippen molar-refractivity contribution in [2.75, 3.05) is 6.54 Å². The lowest BCUT2D eigenvalue weighted by molar-refractivity contribution is 0.0951. The maximum Gasteiger partial charge on any atom is 0.261 e. The van der Waals surface area contributed by atoms with Crippen molar-refractivity contribution in [1.29, 1.82) is 0 Å². The van der Waals surface area contributed by atoms with E-state index in [1.165, 1.54) is 0 Å². The van der Waals surface area contributed by atoms with Crippen molar-refractivity contribution in [2.45, 2.75) is 26.2 Å². The molecule has 0 saturated heterocycles. The van der Waals surface area contributed by atoms with Crippen LogP contribution in [0.3, 0.4) is 0 Å². The number of rotatable bonds is 6. The van der Waals surface area contributed by atoms with Gasteiger partial charge in [-0.15, -0.1) is 0 Å². The summed E-state index contributed by atoms with van der Waals surface area (Å²) in [7, 11) is 0. The van der Waals surface area contributed by atoms with Crippen molar-refractivity contribution < 1.29 is 4.79 Å². The zero-order valence-electron chi connectivity index (χ0n) is 12.2. The molecule has 0 atom stereocenters. The molecule has 4 nitrogen and oxygen atoms in total. The number of benzene rings is 1. The van der Waals surface area contributed by atoms with Gasteiger partial charge in [-0.1, -0.05) is 50.1 Å². The van der Waals surface area contributed by atoms with Crippen LogP contribution < -0.4 is 10.9 Å². The molecule has 2 aromatic rings. The van der Waals surface area contributed by atoms with Crippen molar-refractivity contribution in [2.24, 2.45) is 0 Å². The highest BCUT2D eigenvalue weighted by Crippen LogP contribution is 2.14. The van der Waals surface area contributed by atoms with Crippen LogP contribution in [0.5, 0.6) is 0 Å². The molecule has 1 amide bonds. The van der Waals surface area contributed by atoms with Crippen molar-refractivity contribution in [3.63, 3.8) is 0 Å². The number of unbranched alkanes of at least 4 members (excludes halogenated alkanes) is 2. The summed E-state index contributed by atoms with van der Waals surface area (Å²) in [5.41, 5.74) is 1.43. The lowest BCUT2D eigenvalue weighted by Crippen LogP contribution is -2.30. The van der Waals surface area contributed by atoms with Gasteiger partial charge >= 0.3 is 0 Å². The van der Waals surface area contributed by atoms with Gasteiger partial charge in [-0.3, -0.25) is 9.59 Å². The van der Waals surface area contributed by atoms with Crippen LogP contribution >= 0.6 is 0 Å². The van der Waals surface area contributed by atoms with Crippen LogP contribution in [0.1, 0.15) is 36.5 Å². The van der Waals surface area contributed by atoms with Crippen LogP contribution in [0.2, 0.25) is 0 Å². The van der Waals surface area contributed by atoms with Crippen molar-refractivity contribution in [3.05, 3.63) is 58.4 Å². The Kier molecular flexibility index (Phi) is 5.32. The van der Waals surface area contributed by atoms with E-state index in [0.29, 0.717) is 12.2 Å². The number of carbonyl (C=O) groups is 1. The number of hydrogen-bond donors (Lipinski definition) is 2. The molecule has 1 aromatic carbocycles. The predicted octanol–water partition coefficient (Wildman–Crippen LogP) is 2.96. The fraction of sp³-hybridized carbons (Fsp3) is 0.294. The summed E-state index contributed by atoms with van der Waals surface area (Å²) in [6.07, 6.45) is 3.11. The van der Waals surface area contributed by atoms with Gasteiger partial charge in [0.25, 0.3) is 11.5 Å². The third-order valence-electron chi connectivity index (χ3n) is 3.30. The number of aromatic amines is 1. The van der Waals surface area contributed by atoms with Crippen molar-refractivity contribution in [1.82, 2.24) is 10.3 Å². The summed E-state index contributed by atoms with van der Waals surface area (Å²) in [6.45, 7) is 2.71. The molecule has 0 spiro atoms. The molecule has 0 aliphatic carbocycles. The minimum absolute atomic E-state index is 0.158. The minimum atomic E-state index is -0.357. The summed E-state index contributed by atoms with van der Waals surface area (Å²) < 4.78 is 0. The van der Waals surface area contributed by atoms with Gasteiger partial charge in [-0.05, 0) is 24.1 Å². The largest absolute Gasteiger partial charge is 0.352 e. The van der Waals surface area contributed by atoms with Gasteiger partial charge in [0.05, 0.1) is 0 Å². The summed E-state index contributed by atoms with van der Waals surface area (Å²) in [6, 6.07) is 12.9. The van der Waals surface area contributed by atoms with Crippen LogP contribution in [-0.4, -0.2) is 17.4 Å². The van der Waals surface area contributed by atoms with Gasteiger partial charge in [-0.25, -0.2) is 0 Å². The Labute approximate surface area is 124 Å². The van der Waals surface area contributed by atoms with Gasteiger partial charge in [0.2, 0.25) is 0 Å². The van der Waals surface area contributed by atoms with E-state index in [-0.39, 0.29) is 17.0 Å². The molecule has 0 aliphatic heterocycles. The molecule has 0 radical (unpaired) electrons. The minimum Gasteiger partial charge on any atom is -0.352 e. The smallest absolute Gasteiger partial charge is 0.261 e.